The van der Waals surface area contributed by atoms with E-state index in [9.17, 15) is 10.2 Å². The summed E-state index contributed by atoms with van der Waals surface area (Å²) in [5.41, 5.74) is 7.11. The fourth-order valence-electron chi connectivity index (χ4n) is 3.48. The maximum Gasteiger partial charge on any atom is 0.194 e. The van der Waals surface area contributed by atoms with Gasteiger partial charge in [-0.15, -0.1) is 0 Å². The van der Waals surface area contributed by atoms with Gasteiger partial charge in [0.25, 0.3) is 0 Å². The van der Waals surface area contributed by atoms with E-state index in [0.717, 1.165) is 5.56 Å². The van der Waals surface area contributed by atoms with E-state index in [0.29, 0.717) is 16.7 Å². The van der Waals surface area contributed by atoms with Crippen molar-refractivity contribution in [1.82, 2.24) is 9.97 Å². The standard InChI is InChI=1S/C19H21N3O5/c1-19(26-8-11-5-3-2-4-6-11)16(24)13(7-23)27-17(19)12-9-25-15-14(12)21-10-22-18(15)20/h2-6,9-10,13,16-17,23-24H,7-8H2,1H3,(H2,20,21,22)/t13-,16-,17+,19-/m1/s1. The third-order valence-electron chi connectivity index (χ3n) is 5.03. The van der Waals surface area contributed by atoms with Gasteiger partial charge in [0, 0.05) is 5.56 Å². The van der Waals surface area contributed by atoms with Crippen molar-refractivity contribution in [3.8, 4) is 0 Å². The highest BCUT2D eigenvalue weighted by molar-refractivity contribution is 5.85. The molecule has 3 aromatic rings. The van der Waals surface area contributed by atoms with Crippen LogP contribution in [0.15, 0.2) is 47.3 Å². The van der Waals surface area contributed by atoms with Crippen LogP contribution in [0.25, 0.3) is 11.1 Å². The van der Waals surface area contributed by atoms with Gasteiger partial charge in [0.15, 0.2) is 11.4 Å². The number of benzene rings is 1. The predicted molar refractivity (Wildman–Crippen MR) is 96.6 cm³/mol. The third kappa shape index (κ3) is 2.96. The van der Waals surface area contributed by atoms with Gasteiger partial charge in [-0.3, -0.25) is 0 Å². The number of aromatic nitrogens is 2. The first-order valence-corrected chi connectivity index (χ1v) is 8.64. The van der Waals surface area contributed by atoms with E-state index >= 15 is 0 Å². The molecule has 0 spiro atoms. The van der Waals surface area contributed by atoms with Gasteiger partial charge in [-0.2, -0.15) is 0 Å². The Morgan fingerprint density at radius 3 is 2.78 bits per heavy atom. The molecule has 1 aliphatic heterocycles. The molecule has 27 heavy (non-hydrogen) atoms. The Hall–Kier alpha value is -2.52. The molecule has 0 saturated carbocycles. The monoisotopic (exact) mass is 371 g/mol. The number of furan rings is 1. The van der Waals surface area contributed by atoms with E-state index in [2.05, 4.69) is 9.97 Å². The summed E-state index contributed by atoms with van der Waals surface area (Å²) in [6.07, 6.45) is 0.286. The molecule has 0 unspecified atom stereocenters. The molecule has 3 heterocycles. The van der Waals surface area contributed by atoms with Crippen LogP contribution in [0.5, 0.6) is 0 Å². The number of nitrogens with zero attached hydrogens (tertiary/aromatic N) is 2. The minimum Gasteiger partial charge on any atom is -0.458 e. The van der Waals surface area contributed by atoms with Gasteiger partial charge < -0.3 is 29.8 Å². The summed E-state index contributed by atoms with van der Waals surface area (Å²) in [4.78, 5) is 8.16. The Morgan fingerprint density at radius 1 is 1.26 bits per heavy atom. The van der Waals surface area contributed by atoms with E-state index in [4.69, 9.17) is 19.6 Å². The van der Waals surface area contributed by atoms with Gasteiger partial charge >= 0.3 is 0 Å². The number of ether oxygens (including phenoxy) is 2. The number of fused-ring (bicyclic) bond motifs is 1. The van der Waals surface area contributed by atoms with Crippen LogP contribution >= 0.6 is 0 Å². The molecule has 1 aromatic carbocycles. The summed E-state index contributed by atoms with van der Waals surface area (Å²) in [6, 6.07) is 9.63. The molecule has 0 amide bonds. The predicted octanol–water partition coefficient (Wildman–Crippen LogP) is 1.57. The average molecular weight is 371 g/mol. The highest BCUT2D eigenvalue weighted by atomic mass is 16.6. The number of nitrogens with two attached hydrogens (primary N) is 1. The van der Waals surface area contributed by atoms with E-state index in [-0.39, 0.29) is 19.0 Å². The largest absolute Gasteiger partial charge is 0.458 e. The molecule has 8 nitrogen and oxygen atoms in total. The van der Waals surface area contributed by atoms with Crippen LogP contribution in [0, 0.1) is 0 Å². The molecule has 2 aromatic heterocycles. The van der Waals surface area contributed by atoms with E-state index < -0.39 is 23.9 Å². The maximum atomic E-state index is 10.8. The second-order valence-corrected chi connectivity index (χ2v) is 6.77. The zero-order chi connectivity index (χ0) is 19.0. The van der Waals surface area contributed by atoms with Crippen LogP contribution in [0.2, 0.25) is 0 Å². The summed E-state index contributed by atoms with van der Waals surface area (Å²) in [6.45, 7) is 1.69. The molecule has 8 heteroatoms. The minimum atomic E-state index is -1.13. The lowest BCUT2D eigenvalue weighted by atomic mass is 9.89. The molecule has 0 bridgehead atoms. The molecule has 1 saturated heterocycles. The minimum absolute atomic E-state index is 0.218. The van der Waals surface area contributed by atoms with Crippen LogP contribution in [0.3, 0.4) is 0 Å². The molecule has 4 atom stereocenters. The lowest BCUT2D eigenvalue weighted by Gasteiger charge is -2.32. The smallest absolute Gasteiger partial charge is 0.194 e. The second kappa shape index (κ2) is 6.90. The SMILES string of the molecule is C[C@@]1(OCc2ccccc2)[C@H](O)[C@@H](CO)O[C@H]1c1coc2c(N)ncnc12. The van der Waals surface area contributed by atoms with Gasteiger partial charge in [0.05, 0.1) is 19.5 Å². The number of hydrogen-bond donors (Lipinski definition) is 3. The zero-order valence-corrected chi connectivity index (χ0v) is 14.8. The average Bonchev–Trinajstić information content (AvgIpc) is 3.22. The summed E-state index contributed by atoms with van der Waals surface area (Å²) >= 11 is 0. The van der Waals surface area contributed by atoms with Gasteiger partial charge in [-0.25, -0.2) is 9.97 Å². The molecule has 4 rings (SSSR count). The van der Waals surface area contributed by atoms with Crippen LogP contribution in [-0.4, -0.2) is 44.6 Å². The van der Waals surface area contributed by atoms with Crippen LogP contribution in [0.1, 0.15) is 24.2 Å². The van der Waals surface area contributed by atoms with E-state index in [1.54, 1.807) is 6.92 Å². The topological polar surface area (TPSA) is 124 Å². The lowest BCUT2D eigenvalue weighted by molar-refractivity contribution is -0.125. The summed E-state index contributed by atoms with van der Waals surface area (Å²) < 4.78 is 17.6. The summed E-state index contributed by atoms with van der Waals surface area (Å²) in [5.74, 6) is 0.218. The molecule has 1 aliphatic rings. The first kappa shape index (κ1) is 17.9. The summed E-state index contributed by atoms with van der Waals surface area (Å²) in [5, 5.41) is 20.4. The molecule has 1 fully saturated rings. The highest BCUT2D eigenvalue weighted by Crippen LogP contribution is 2.46. The maximum absolute atomic E-state index is 10.8. The molecule has 142 valence electrons. The quantitative estimate of drug-likeness (QED) is 0.617. The molecule has 4 N–H and O–H groups in total. The Kier molecular flexibility index (Phi) is 4.56. The zero-order valence-electron chi connectivity index (χ0n) is 14.8. The fourth-order valence-corrected chi connectivity index (χ4v) is 3.48. The van der Waals surface area contributed by atoms with Crippen LogP contribution in [-0.2, 0) is 16.1 Å². The molecule has 0 aliphatic carbocycles. The normalized spacial score (nSPS) is 28.0. The van der Waals surface area contributed by atoms with Crippen molar-refractivity contribution >= 4 is 16.9 Å². The van der Waals surface area contributed by atoms with Crippen molar-refractivity contribution in [1.29, 1.82) is 0 Å². The Labute approximate surface area is 155 Å². The van der Waals surface area contributed by atoms with E-state index in [1.807, 2.05) is 30.3 Å². The Balaban J connectivity index is 1.71. The number of rotatable bonds is 5. The van der Waals surface area contributed by atoms with Gasteiger partial charge in [0.1, 0.15) is 35.8 Å². The number of hydrogen-bond acceptors (Lipinski definition) is 8. The van der Waals surface area contributed by atoms with Gasteiger partial charge in [-0.05, 0) is 12.5 Å². The highest BCUT2D eigenvalue weighted by Gasteiger charge is 2.55. The fraction of sp³-hybridized carbons (Fsp3) is 0.368. The molecular formula is C19H21N3O5. The van der Waals surface area contributed by atoms with Gasteiger partial charge in [-0.1, -0.05) is 30.3 Å². The number of aliphatic hydroxyl groups excluding tert-OH is 2. The Bertz CT molecular complexity index is 931. The van der Waals surface area contributed by atoms with Crippen molar-refractivity contribution in [3.63, 3.8) is 0 Å². The lowest BCUT2D eigenvalue weighted by Crippen LogP contribution is -2.45. The van der Waals surface area contributed by atoms with Crippen molar-refractivity contribution < 1.29 is 24.1 Å². The van der Waals surface area contributed by atoms with Crippen molar-refractivity contribution in [2.75, 3.05) is 12.3 Å². The van der Waals surface area contributed by atoms with Gasteiger partial charge in [0.2, 0.25) is 0 Å². The van der Waals surface area contributed by atoms with Crippen molar-refractivity contribution in [2.45, 2.75) is 37.4 Å². The first-order valence-electron chi connectivity index (χ1n) is 8.64. The van der Waals surface area contributed by atoms with Crippen molar-refractivity contribution in [3.05, 3.63) is 54.0 Å². The Morgan fingerprint density at radius 2 is 2.04 bits per heavy atom. The van der Waals surface area contributed by atoms with Crippen LogP contribution < -0.4 is 5.73 Å². The van der Waals surface area contributed by atoms with E-state index in [1.165, 1.54) is 12.6 Å². The number of nitrogen functional groups attached to an aromatic ring is 1. The first-order chi connectivity index (χ1) is 13.0. The van der Waals surface area contributed by atoms with Crippen molar-refractivity contribution in [2.24, 2.45) is 0 Å². The number of aliphatic hydroxyl groups is 2. The second-order valence-electron chi connectivity index (χ2n) is 6.77. The molecular weight excluding hydrogens is 350 g/mol. The molecule has 0 radical (unpaired) electrons. The third-order valence-corrected chi connectivity index (χ3v) is 5.03. The number of anilines is 1. The van der Waals surface area contributed by atoms with Crippen LogP contribution in [0.4, 0.5) is 5.82 Å². The summed E-state index contributed by atoms with van der Waals surface area (Å²) in [7, 11) is 0.